The molecule has 2 aromatic rings. The van der Waals surface area contributed by atoms with Crippen molar-refractivity contribution in [1.82, 2.24) is 15.4 Å². The van der Waals surface area contributed by atoms with E-state index >= 15 is 0 Å². The number of amides is 2. The van der Waals surface area contributed by atoms with E-state index in [0.29, 0.717) is 24.5 Å². The topological polar surface area (TPSA) is 102 Å². The number of carbonyl (C=O) groups excluding carboxylic acids is 2. The lowest BCUT2D eigenvalue weighted by atomic mass is 10.2. The summed E-state index contributed by atoms with van der Waals surface area (Å²) in [6.07, 6.45) is 7.36. The molecule has 0 spiro atoms. The molecule has 40 heavy (non-hydrogen) atoms. The molecule has 0 saturated carbocycles. The molecule has 10 heteroatoms. The van der Waals surface area contributed by atoms with Crippen LogP contribution in [0.5, 0.6) is 5.75 Å². The monoisotopic (exact) mass is 552 g/mol. The average molecular weight is 553 g/mol. The Bertz CT molecular complexity index is 1160. The number of nitrogens with one attached hydrogen (secondary N) is 1. The first kappa shape index (κ1) is 29.5. The highest BCUT2D eigenvalue weighted by molar-refractivity contribution is 5.91. The molecule has 2 atom stereocenters. The molecule has 2 aliphatic heterocycles. The van der Waals surface area contributed by atoms with Gasteiger partial charge in [0.25, 0.3) is 5.91 Å². The van der Waals surface area contributed by atoms with Gasteiger partial charge >= 0.3 is 6.09 Å². The molecule has 2 aliphatic rings. The summed E-state index contributed by atoms with van der Waals surface area (Å²) in [4.78, 5) is 39.3. The van der Waals surface area contributed by atoms with Gasteiger partial charge in [-0.3, -0.25) is 14.6 Å². The lowest BCUT2D eigenvalue weighted by molar-refractivity contribution is -0.198. The van der Waals surface area contributed by atoms with Gasteiger partial charge in [0.15, 0.2) is 6.29 Å². The summed E-state index contributed by atoms with van der Waals surface area (Å²) in [6, 6.07) is 11.5. The summed E-state index contributed by atoms with van der Waals surface area (Å²) >= 11 is 0. The maximum absolute atomic E-state index is 13.3. The molecule has 216 valence electrons. The van der Waals surface area contributed by atoms with Crippen molar-refractivity contribution in [3.05, 3.63) is 59.8 Å². The van der Waals surface area contributed by atoms with Crippen LogP contribution < -0.4 is 15.1 Å². The second-order valence-corrected chi connectivity index (χ2v) is 11.0. The number of likely N-dealkylation sites (tertiary alicyclic amines) is 1. The predicted molar refractivity (Wildman–Crippen MR) is 151 cm³/mol. The van der Waals surface area contributed by atoms with Crippen LogP contribution in [0.2, 0.25) is 0 Å². The third-order valence-corrected chi connectivity index (χ3v) is 6.62. The van der Waals surface area contributed by atoms with Gasteiger partial charge in [0.05, 0.1) is 13.2 Å². The van der Waals surface area contributed by atoms with Crippen molar-refractivity contribution in [3.8, 4) is 5.75 Å². The summed E-state index contributed by atoms with van der Waals surface area (Å²) in [7, 11) is 1.66. The van der Waals surface area contributed by atoms with E-state index in [4.69, 9.17) is 19.0 Å². The minimum absolute atomic E-state index is 0.0979. The van der Waals surface area contributed by atoms with Crippen LogP contribution >= 0.6 is 0 Å². The fourth-order valence-corrected chi connectivity index (χ4v) is 4.71. The van der Waals surface area contributed by atoms with E-state index in [2.05, 4.69) is 21.4 Å². The number of ether oxygens (including phenoxy) is 3. The number of rotatable bonds is 9. The third kappa shape index (κ3) is 8.77. The zero-order valence-electron chi connectivity index (χ0n) is 23.8. The SMILES string of the molecule is COc1cccc(CN2CC[C@@H](N(C(=O)OC(C)(C)C)c3ccc(/C=C/C(=O)NOC4CCCCO4)cn3)C2)c1. The van der Waals surface area contributed by atoms with Crippen molar-refractivity contribution < 1.29 is 28.6 Å². The number of aromatic nitrogens is 1. The van der Waals surface area contributed by atoms with Crippen LogP contribution in [-0.2, 0) is 25.7 Å². The molecule has 0 bridgehead atoms. The standard InChI is InChI=1S/C30H40N4O6/c1-30(2,3)39-29(36)34(24-15-16-33(21-24)20-23-8-7-9-25(18-23)37-4)26-13-11-22(19-31-26)12-14-27(35)32-40-28-10-5-6-17-38-28/h7-9,11-14,18-19,24,28H,5-6,10,15-17,20-21H2,1-4H3,(H,32,35)/b14-12+/t24-,28?/m1/s1. The number of hydrogen-bond donors (Lipinski definition) is 1. The molecule has 1 aromatic heterocycles. The van der Waals surface area contributed by atoms with Crippen molar-refractivity contribution in [2.24, 2.45) is 0 Å². The summed E-state index contributed by atoms with van der Waals surface area (Å²) in [6.45, 7) is 8.47. The van der Waals surface area contributed by atoms with Crippen molar-refractivity contribution in [1.29, 1.82) is 0 Å². The van der Waals surface area contributed by atoms with Crippen molar-refractivity contribution in [2.45, 2.75) is 70.9 Å². The molecule has 2 fully saturated rings. The normalized spacial score (nSPS) is 19.9. The minimum atomic E-state index is -0.644. The zero-order chi connectivity index (χ0) is 28.5. The van der Waals surface area contributed by atoms with Crippen LogP contribution in [0.1, 0.15) is 57.6 Å². The van der Waals surface area contributed by atoms with E-state index in [1.807, 2.05) is 45.0 Å². The number of anilines is 1. The van der Waals surface area contributed by atoms with Crippen LogP contribution in [0.15, 0.2) is 48.7 Å². The lowest BCUT2D eigenvalue weighted by Crippen LogP contribution is -2.45. The minimum Gasteiger partial charge on any atom is -0.497 e. The smallest absolute Gasteiger partial charge is 0.416 e. The van der Waals surface area contributed by atoms with Crippen LogP contribution in [0.25, 0.3) is 6.08 Å². The van der Waals surface area contributed by atoms with Gasteiger partial charge in [-0.1, -0.05) is 12.1 Å². The van der Waals surface area contributed by atoms with Crippen LogP contribution in [0.4, 0.5) is 10.6 Å². The average Bonchev–Trinajstić information content (AvgIpc) is 3.38. The van der Waals surface area contributed by atoms with E-state index in [9.17, 15) is 9.59 Å². The highest BCUT2D eigenvalue weighted by atomic mass is 16.8. The van der Waals surface area contributed by atoms with Crippen molar-refractivity contribution in [3.63, 3.8) is 0 Å². The van der Waals surface area contributed by atoms with Gasteiger partial charge in [-0.05, 0) is 81.5 Å². The number of methoxy groups -OCH3 is 1. The predicted octanol–water partition coefficient (Wildman–Crippen LogP) is 4.69. The molecule has 1 unspecified atom stereocenters. The molecule has 2 saturated heterocycles. The number of hydrogen-bond acceptors (Lipinski definition) is 8. The first-order chi connectivity index (χ1) is 19.2. The summed E-state index contributed by atoms with van der Waals surface area (Å²) in [5, 5.41) is 0. The maximum atomic E-state index is 13.3. The van der Waals surface area contributed by atoms with Crippen LogP contribution in [0, 0.1) is 0 Å². The quantitative estimate of drug-likeness (QED) is 0.353. The highest BCUT2D eigenvalue weighted by Gasteiger charge is 2.35. The fourth-order valence-electron chi connectivity index (χ4n) is 4.71. The van der Waals surface area contributed by atoms with Crippen LogP contribution in [0.3, 0.4) is 0 Å². The Balaban J connectivity index is 1.40. The maximum Gasteiger partial charge on any atom is 0.416 e. The molecule has 4 rings (SSSR count). The van der Waals surface area contributed by atoms with Crippen LogP contribution in [-0.4, -0.2) is 66.6 Å². The molecule has 1 aromatic carbocycles. The Morgan fingerprint density at radius 1 is 1.20 bits per heavy atom. The number of nitrogens with zero attached hydrogens (tertiary/aromatic N) is 3. The first-order valence-electron chi connectivity index (χ1n) is 13.8. The van der Waals surface area contributed by atoms with Gasteiger partial charge in [0.2, 0.25) is 0 Å². The summed E-state index contributed by atoms with van der Waals surface area (Å²) < 4.78 is 16.6. The highest BCUT2D eigenvalue weighted by Crippen LogP contribution is 2.26. The Morgan fingerprint density at radius 3 is 2.75 bits per heavy atom. The van der Waals surface area contributed by atoms with Gasteiger partial charge in [-0.2, -0.15) is 0 Å². The van der Waals surface area contributed by atoms with Crippen molar-refractivity contribution in [2.75, 3.05) is 31.7 Å². The van der Waals surface area contributed by atoms with E-state index in [-0.39, 0.29) is 6.04 Å². The first-order valence-corrected chi connectivity index (χ1v) is 13.8. The Kier molecular flexibility index (Phi) is 10.1. The largest absolute Gasteiger partial charge is 0.497 e. The molecule has 3 heterocycles. The van der Waals surface area contributed by atoms with E-state index in [1.54, 1.807) is 30.3 Å². The van der Waals surface area contributed by atoms with Gasteiger partial charge in [0, 0.05) is 44.9 Å². The van der Waals surface area contributed by atoms with Gasteiger partial charge in [-0.25, -0.2) is 20.1 Å². The van der Waals surface area contributed by atoms with Gasteiger partial charge in [-0.15, -0.1) is 0 Å². The fraction of sp³-hybridized carbons (Fsp3) is 0.500. The molecule has 10 nitrogen and oxygen atoms in total. The zero-order valence-corrected chi connectivity index (χ0v) is 23.8. The molecule has 1 N–H and O–H groups in total. The van der Waals surface area contributed by atoms with E-state index in [0.717, 1.165) is 50.1 Å². The number of hydroxylamine groups is 1. The Morgan fingerprint density at radius 2 is 2.05 bits per heavy atom. The van der Waals surface area contributed by atoms with Crippen molar-refractivity contribution >= 4 is 23.9 Å². The van der Waals surface area contributed by atoms with E-state index in [1.165, 1.54) is 6.08 Å². The lowest BCUT2D eigenvalue weighted by Gasteiger charge is -2.31. The molecule has 2 amide bonds. The third-order valence-electron chi connectivity index (χ3n) is 6.62. The Labute approximate surface area is 236 Å². The second-order valence-electron chi connectivity index (χ2n) is 11.0. The summed E-state index contributed by atoms with van der Waals surface area (Å²) in [5.41, 5.74) is 3.62. The molecular weight excluding hydrogens is 512 g/mol. The second kappa shape index (κ2) is 13.7. The molecular formula is C30H40N4O6. The molecule has 0 aliphatic carbocycles. The summed E-state index contributed by atoms with van der Waals surface area (Å²) in [5.74, 6) is 0.933. The number of pyridine rings is 1. The molecule has 0 radical (unpaired) electrons. The Hall–Kier alpha value is -3.47. The van der Waals surface area contributed by atoms with Gasteiger partial charge < -0.3 is 14.2 Å². The van der Waals surface area contributed by atoms with E-state index < -0.39 is 23.9 Å². The number of carbonyl (C=O) groups is 2. The number of benzene rings is 1. The van der Waals surface area contributed by atoms with Gasteiger partial charge in [0.1, 0.15) is 17.2 Å².